The van der Waals surface area contributed by atoms with Gasteiger partial charge in [-0.15, -0.1) is 0 Å². The number of ether oxygens (including phenoxy) is 1. The Labute approximate surface area is 555 Å². The van der Waals surface area contributed by atoms with Gasteiger partial charge in [-0.3, -0.25) is 4.79 Å². The number of hydrogen-bond acceptors (Lipinski definition) is 15. The molecule has 0 amide bonds. The smallest absolute Gasteiger partial charge is 0.238 e. The van der Waals surface area contributed by atoms with Crippen LogP contribution in [0.2, 0.25) is 0 Å². The first-order valence-electron chi connectivity index (χ1n) is 34.6. The lowest BCUT2D eigenvalue weighted by Crippen LogP contribution is -2.50. The number of aromatic hydroxyl groups is 3. The van der Waals surface area contributed by atoms with Crippen LogP contribution in [-0.4, -0.2) is 83.8 Å². The second kappa shape index (κ2) is 24.7. The van der Waals surface area contributed by atoms with E-state index in [2.05, 4.69) is 85.9 Å². The topological polar surface area (TPSA) is 193 Å². The van der Waals surface area contributed by atoms with Crippen molar-refractivity contribution in [3.8, 4) is 45.4 Å². The molecule has 14 aliphatic rings. The molecule has 2 saturated heterocycles. The highest BCUT2D eigenvalue weighted by Crippen LogP contribution is 2.62. The summed E-state index contributed by atoms with van der Waals surface area (Å²) in [6.07, 6.45) is 13.4. The fourth-order valence-electron chi connectivity index (χ4n) is 19.2. The molecule has 484 valence electrons. The van der Waals surface area contributed by atoms with Crippen molar-refractivity contribution in [2.24, 2.45) is 23.7 Å². The van der Waals surface area contributed by atoms with E-state index in [0.717, 1.165) is 121 Å². The maximum atomic E-state index is 16.0. The highest BCUT2D eigenvalue weighted by atomic mass is 33.1. The van der Waals surface area contributed by atoms with Crippen molar-refractivity contribution in [1.82, 2.24) is 5.32 Å². The average Bonchev–Trinajstić information content (AvgIpc) is 0.729. The molecule has 6 aromatic carbocycles. The van der Waals surface area contributed by atoms with Crippen LogP contribution < -0.4 is 15.5 Å². The first kappa shape index (κ1) is 62.0. The molecule has 1 spiro atoms. The highest BCUT2D eigenvalue weighted by Gasteiger charge is 2.49. The number of benzene rings is 6. The number of nitrogens with one attached hydrogen (secondary N) is 1. The number of aliphatic hydroxyl groups is 4. The summed E-state index contributed by atoms with van der Waals surface area (Å²) >= 11 is 0. The Morgan fingerprint density at radius 3 is 2.38 bits per heavy atom. The van der Waals surface area contributed by atoms with Crippen molar-refractivity contribution in [2.45, 2.75) is 206 Å². The van der Waals surface area contributed by atoms with E-state index in [4.69, 9.17) is 9.15 Å². The van der Waals surface area contributed by atoms with E-state index in [1.54, 1.807) is 32.4 Å². The average molecular weight is 1310 g/mol. The van der Waals surface area contributed by atoms with E-state index in [1.165, 1.54) is 47.6 Å². The molecule has 10 atom stereocenters. The summed E-state index contributed by atoms with van der Waals surface area (Å²) in [5, 5.41) is 93.9. The molecule has 21 rings (SSSR count). The van der Waals surface area contributed by atoms with Gasteiger partial charge in [0.25, 0.3) is 0 Å². The van der Waals surface area contributed by atoms with Gasteiger partial charge in [0.1, 0.15) is 34.3 Å². The Morgan fingerprint density at radius 2 is 1.58 bits per heavy atom. The molecule has 8 N–H and O–H groups in total. The molecular formula is C77H87NO10S4. The van der Waals surface area contributed by atoms with Gasteiger partial charge in [-0.2, -0.15) is 0 Å². The molecule has 15 heteroatoms. The van der Waals surface area contributed by atoms with Crippen molar-refractivity contribution < 1.29 is 44.9 Å². The van der Waals surface area contributed by atoms with Gasteiger partial charge in [0.05, 0.1) is 28.6 Å². The van der Waals surface area contributed by atoms with Crippen LogP contribution >= 0.6 is 43.2 Å². The molecule has 4 fully saturated rings. The zero-order chi connectivity index (χ0) is 62.9. The summed E-state index contributed by atoms with van der Waals surface area (Å²) in [4.78, 5) is 16.0. The number of hydrogen-bond donors (Lipinski definition) is 8. The molecule has 7 aromatic rings. The third kappa shape index (κ3) is 10.6. The van der Waals surface area contributed by atoms with Gasteiger partial charge in [-0.05, 0) is 228 Å². The summed E-state index contributed by atoms with van der Waals surface area (Å²) in [6.45, 7) is 5.08. The molecule has 4 aliphatic carbocycles. The van der Waals surface area contributed by atoms with Crippen LogP contribution in [-0.2, 0) is 36.9 Å². The highest BCUT2D eigenvalue weighted by molar-refractivity contribution is 8.77. The van der Waals surface area contributed by atoms with Crippen LogP contribution in [0.25, 0.3) is 44.2 Å². The Hall–Kier alpha value is -4.81. The van der Waals surface area contributed by atoms with Crippen LogP contribution in [0.5, 0.6) is 23.0 Å². The van der Waals surface area contributed by atoms with Gasteiger partial charge in [-0.25, -0.2) is 0 Å². The molecule has 92 heavy (non-hydrogen) atoms. The zero-order valence-corrected chi connectivity index (χ0v) is 56.2. The van der Waals surface area contributed by atoms with Crippen molar-refractivity contribution in [3.05, 3.63) is 150 Å². The van der Waals surface area contributed by atoms with Crippen LogP contribution in [0.1, 0.15) is 201 Å². The molecule has 11 nitrogen and oxygen atoms in total. The molecule has 10 unspecified atom stereocenters. The van der Waals surface area contributed by atoms with E-state index in [1.807, 2.05) is 16.9 Å². The molecule has 0 radical (unpaired) electrons. The van der Waals surface area contributed by atoms with Crippen molar-refractivity contribution in [3.63, 3.8) is 0 Å². The Kier molecular flexibility index (Phi) is 16.6. The predicted octanol–water partition coefficient (Wildman–Crippen LogP) is 16.1. The van der Waals surface area contributed by atoms with Crippen molar-refractivity contribution in [2.75, 3.05) is 18.9 Å². The second-order valence-corrected chi connectivity index (χ2v) is 34.9. The minimum atomic E-state index is -1.01. The molecule has 11 heterocycles. The monoisotopic (exact) mass is 1310 g/mol. The fraction of sp³-hybridized carbons (Fsp3) is 0.519. The fourth-order valence-corrected chi connectivity index (χ4v) is 25.1. The molecular weight excluding hydrogens is 1230 g/mol. The van der Waals surface area contributed by atoms with Crippen LogP contribution in [0.4, 0.5) is 0 Å². The number of phenols is 2. The summed E-state index contributed by atoms with van der Waals surface area (Å²) in [5.41, 5.74) is 11.1. The molecule has 1 aromatic heterocycles. The largest absolute Gasteiger partial charge is 0.507 e. The number of rotatable bonds is 4. The SMILES string of the molecule is CC(C)Cc1cc2c3c(c1O)Cc1cccc(c1)C1NCC(CC1SSC3)C1(CCCCC1)c1ccc(cc1)CC1CCC(O)(CC1)CCC1Cc3ccc4c5c6c(cc(c35)C1CCO)-c1c(O)cc3oc-2c(O)c(=O)c3c1OC1CC6C(O)C4SSCCCC1O. The van der Waals surface area contributed by atoms with Crippen LogP contribution in [0.15, 0.2) is 88.1 Å². The van der Waals surface area contributed by atoms with E-state index < -0.39 is 41.0 Å². The maximum absolute atomic E-state index is 16.0. The third-order valence-corrected chi connectivity index (χ3v) is 29.5. The lowest BCUT2D eigenvalue weighted by atomic mass is 9.59. The first-order chi connectivity index (χ1) is 44.7. The normalized spacial score (nSPS) is 29.9. The van der Waals surface area contributed by atoms with Gasteiger partial charge in [0.15, 0.2) is 5.76 Å². The quantitative estimate of drug-likeness (QED) is 0.0776. The Bertz CT molecular complexity index is 4080. The summed E-state index contributed by atoms with van der Waals surface area (Å²) < 4.78 is 14.2. The van der Waals surface area contributed by atoms with Crippen LogP contribution in [0, 0.1) is 23.7 Å². The molecule has 20 bridgehead atoms. The van der Waals surface area contributed by atoms with E-state index in [0.29, 0.717) is 72.8 Å². The zero-order valence-electron chi connectivity index (χ0n) is 52.9. The first-order valence-corrected chi connectivity index (χ1v) is 39.3. The molecule has 2 saturated carbocycles. The minimum Gasteiger partial charge on any atom is -0.507 e. The summed E-state index contributed by atoms with van der Waals surface area (Å²) in [5.74, 6) is 0.893. The number of phenolic OH excluding ortho intramolecular Hbond substituents is 2. The summed E-state index contributed by atoms with van der Waals surface area (Å²) in [6, 6.07) is 28.6. The van der Waals surface area contributed by atoms with Gasteiger partial charge >= 0.3 is 0 Å². The van der Waals surface area contributed by atoms with E-state index >= 15 is 4.79 Å². The number of fused-ring (bicyclic) bond motifs is 8. The van der Waals surface area contributed by atoms with Gasteiger partial charge in [0.2, 0.25) is 11.2 Å². The predicted molar refractivity (Wildman–Crippen MR) is 374 cm³/mol. The van der Waals surface area contributed by atoms with E-state index in [9.17, 15) is 35.7 Å². The maximum Gasteiger partial charge on any atom is 0.238 e. The number of aliphatic hydroxyl groups excluding tert-OH is 3. The van der Waals surface area contributed by atoms with Gasteiger partial charge < -0.3 is 50.2 Å². The summed E-state index contributed by atoms with van der Waals surface area (Å²) in [7, 11) is 7.03. The van der Waals surface area contributed by atoms with Gasteiger partial charge in [0, 0.05) is 58.9 Å². The standard InChI is InChI=1S/C77H87NO10S4/c1-40(2)28-47-33-54-57-39-90-91-62-34-49(38-78-68(62)46-9-6-8-43(30-46)31-53(57)69(47)82)77(21-4-3-5-22-77)48-14-11-41(12-15-48)29-42-17-23-76(86,24-18-42)25-19-44-32-45-13-16-51-66-63(45)52(50(44)20-26-79)35-55-64(66)56-36-60(58(80)10-7-27-89-92-75(51)70(56)83)87-74-65(55)59(81)37-61-67(74)71(84)72(85)73(54)88-61/h6,8-9,11-16,30,33,35,37,40,42,44,49-50,56,58,60,62,68,70,75,78-83,85-86H,3-5,7,10,17-29,31-32,34,36,38-39H2,1-2H3. The van der Waals surface area contributed by atoms with Crippen molar-refractivity contribution in [1.29, 1.82) is 0 Å². The Morgan fingerprint density at radius 1 is 0.761 bits per heavy atom. The Balaban J connectivity index is 0.913. The molecule has 10 aliphatic heterocycles. The second-order valence-electron chi connectivity index (χ2n) is 29.6. The lowest BCUT2D eigenvalue weighted by Gasteiger charge is -2.49. The lowest BCUT2D eigenvalue weighted by molar-refractivity contribution is -0.0222. The third-order valence-electron chi connectivity index (χ3n) is 23.8. The van der Waals surface area contributed by atoms with Crippen molar-refractivity contribution >= 4 is 64.9 Å². The van der Waals surface area contributed by atoms with Crippen LogP contribution in [0.3, 0.4) is 0 Å². The van der Waals surface area contributed by atoms with E-state index in [-0.39, 0.29) is 92.3 Å². The minimum absolute atomic E-state index is 0.00149. The number of piperidine rings is 1. The van der Waals surface area contributed by atoms with Gasteiger partial charge in [-0.1, -0.05) is 137 Å².